The molecule has 0 heterocycles. The molecule has 2 unspecified atom stereocenters. The van der Waals surface area contributed by atoms with E-state index in [1.54, 1.807) is 0 Å². The van der Waals surface area contributed by atoms with E-state index in [4.69, 9.17) is 0 Å². The van der Waals surface area contributed by atoms with Crippen LogP contribution in [0.25, 0.3) is 0 Å². The standard InChI is InChI=1S/C16H24BrNO/c1-16(2)9-8-13(15(16)19)11-18(3)10-12-6-4-5-7-14(12)17/h4-7,13,15,19H,8-11H2,1-3H3. The maximum absolute atomic E-state index is 10.4. The third-order valence-corrected chi connectivity index (χ3v) is 5.12. The van der Waals surface area contributed by atoms with Crippen LogP contribution in [0.15, 0.2) is 28.7 Å². The summed E-state index contributed by atoms with van der Waals surface area (Å²) in [4.78, 5) is 2.31. The number of halogens is 1. The maximum Gasteiger partial charge on any atom is 0.0631 e. The highest BCUT2D eigenvalue weighted by molar-refractivity contribution is 9.10. The maximum atomic E-state index is 10.4. The van der Waals surface area contributed by atoms with Gasteiger partial charge in [-0.15, -0.1) is 0 Å². The molecular formula is C16H24BrNO. The summed E-state index contributed by atoms with van der Waals surface area (Å²) in [6, 6.07) is 8.34. The van der Waals surface area contributed by atoms with Gasteiger partial charge in [-0.2, -0.15) is 0 Å². The van der Waals surface area contributed by atoms with Crippen LogP contribution in [-0.4, -0.2) is 29.7 Å². The minimum absolute atomic E-state index is 0.0822. The van der Waals surface area contributed by atoms with Gasteiger partial charge in [-0.3, -0.25) is 0 Å². The summed E-state index contributed by atoms with van der Waals surface area (Å²) in [7, 11) is 2.14. The van der Waals surface area contributed by atoms with Crippen LogP contribution in [0, 0.1) is 11.3 Å². The number of benzene rings is 1. The quantitative estimate of drug-likeness (QED) is 0.912. The molecule has 1 N–H and O–H groups in total. The van der Waals surface area contributed by atoms with Crippen molar-refractivity contribution in [3.05, 3.63) is 34.3 Å². The molecule has 2 atom stereocenters. The van der Waals surface area contributed by atoms with Crippen molar-refractivity contribution in [1.29, 1.82) is 0 Å². The summed E-state index contributed by atoms with van der Waals surface area (Å²) < 4.78 is 1.16. The summed E-state index contributed by atoms with van der Waals surface area (Å²) in [6.07, 6.45) is 2.09. The lowest BCUT2D eigenvalue weighted by atomic mass is 9.87. The SMILES string of the molecule is CN(Cc1ccccc1Br)CC1CCC(C)(C)C1O. The van der Waals surface area contributed by atoms with Crippen molar-refractivity contribution in [1.82, 2.24) is 4.90 Å². The van der Waals surface area contributed by atoms with Gasteiger partial charge in [0.05, 0.1) is 6.10 Å². The van der Waals surface area contributed by atoms with Gasteiger partial charge in [-0.05, 0) is 42.9 Å². The number of hydrogen-bond acceptors (Lipinski definition) is 2. The van der Waals surface area contributed by atoms with E-state index in [2.05, 4.69) is 59.9 Å². The van der Waals surface area contributed by atoms with Crippen LogP contribution >= 0.6 is 15.9 Å². The summed E-state index contributed by atoms with van der Waals surface area (Å²) >= 11 is 3.59. The molecule has 1 fully saturated rings. The molecular weight excluding hydrogens is 302 g/mol. The second kappa shape index (κ2) is 5.94. The molecule has 0 aliphatic heterocycles. The van der Waals surface area contributed by atoms with Gasteiger partial charge in [-0.25, -0.2) is 0 Å². The van der Waals surface area contributed by atoms with Crippen molar-refractivity contribution >= 4 is 15.9 Å². The summed E-state index contributed by atoms with van der Waals surface area (Å²) in [5, 5.41) is 10.4. The van der Waals surface area contributed by atoms with Crippen LogP contribution < -0.4 is 0 Å². The van der Waals surface area contributed by atoms with Gasteiger partial charge in [0, 0.05) is 17.6 Å². The van der Waals surface area contributed by atoms with Gasteiger partial charge in [0.25, 0.3) is 0 Å². The van der Waals surface area contributed by atoms with Crippen LogP contribution in [0.1, 0.15) is 32.3 Å². The molecule has 1 aromatic carbocycles. The van der Waals surface area contributed by atoms with Crippen molar-refractivity contribution in [2.24, 2.45) is 11.3 Å². The van der Waals surface area contributed by atoms with Gasteiger partial charge < -0.3 is 10.0 Å². The Kier molecular flexibility index (Phi) is 4.70. The topological polar surface area (TPSA) is 23.5 Å². The highest BCUT2D eigenvalue weighted by Crippen LogP contribution is 2.41. The molecule has 1 saturated carbocycles. The van der Waals surface area contributed by atoms with E-state index in [9.17, 15) is 5.11 Å². The van der Waals surface area contributed by atoms with E-state index in [0.29, 0.717) is 5.92 Å². The Morgan fingerprint density at radius 2 is 2.05 bits per heavy atom. The number of rotatable bonds is 4. The summed E-state index contributed by atoms with van der Waals surface area (Å²) in [6.45, 7) is 6.23. The van der Waals surface area contributed by atoms with Crippen molar-refractivity contribution in [2.75, 3.05) is 13.6 Å². The number of aliphatic hydroxyl groups is 1. The minimum Gasteiger partial charge on any atom is -0.392 e. The average Bonchev–Trinajstić information content (AvgIpc) is 2.59. The fourth-order valence-electron chi connectivity index (χ4n) is 3.07. The Morgan fingerprint density at radius 3 is 2.63 bits per heavy atom. The lowest BCUT2D eigenvalue weighted by Gasteiger charge is -2.28. The molecule has 0 amide bonds. The first kappa shape index (κ1) is 15.0. The molecule has 106 valence electrons. The van der Waals surface area contributed by atoms with E-state index in [0.717, 1.165) is 30.4 Å². The smallest absolute Gasteiger partial charge is 0.0631 e. The predicted molar refractivity (Wildman–Crippen MR) is 83.0 cm³/mol. The Bertz CT molecular complexity index is 433. The molecule has 0 aromatic heterocycles. The van der Waals surface area contributed by atoms with Crippen molar-refractivity contribution in [2.45, 2.75) is 39.3 Å². The largest absolute Gasteiger partial charge is 0.392 e. The van der Waals surface area contributed by atoms with Crippen LogP contribution in [0.2, 0.25) is 0 Å². The summed E-state index contributed by atoms with van der Waals surface area (Å²) in [5.41, 5.74) is 1.38. The Morgan fingerprint density at radius 1 is 1.37 bits per heavy atom. The highest BCUT2D eigenvalue weighted by atomic mass is 79.9. The molecule has 2 rings (SSSR count). The van der Waals surface area contributed by atoms with Crippen molar-refractivity contribution in [3.63, 3.8) is 0 Å². The first-order valence-electron chi connectivity index (χ1n) is 7.00. The summed E-state index contributed by atoms with van der Waals surface area (Å²) in [5.74, 6) is 0.405. The van der Waals surface area contributed by atoms with Gasteiger partial charge in [0.1, 0.15) is 0 Å². The zero-order valence-electron chi connectivity index (χ0n) is 12.1. The van der Waals surface area contributed by atoms with Crippen molar-refractivity contribution < 1.29 is 5.11 Å². The van der Waals surface area contributed by atoms with E-state index in [1.807, 2.05) is 6.07 Å². The van der Waals surface area contributed by atoms with Gasteiger partial charge in [0.2, 0.25) is 0 Å². The number of hydrogen-bond donors (Lipinski definition) is 1. The molecule has 0 spiro atoms. The monoisotopic (exact) mass is 325 g/mol. The van der Waals surface area contributed by atoms with Crippen LogP contribution in [0.5, 0.6) is 0 Å². The zero-order valence-corrected chi connectivity index (χ0v) is 13.7. The highest BCUT2D eigenvalue weighted by Gasteiger charge is 2.40. The molecule has 1 aliphatic rings. The molecule has 1 aromatic rings. The predicted octanol–water partition coefficient (Wildman–Crippen LogP) is 3.68. The Labute approximate surface area is 124 Å². The van der Waals surface area contributed by atoms with Gasteiger partial charge in [0.15, 0.2) is 0 Å². The number of nitrogens with zero attached hydrogens (tertiary/aromatic N) is 1. The fraction of sp³-hybridized carbons (Fsp3) is 0.625. The molecule has 0 radical (unpaired) electrons. The Hall–Kier alpha value is -0.380. The number of aliphatic hydroxyl groups excluding tert-OH is 1. The van der Waals surface area contributed by atoms with Crippen LogP contribution in [-0.2, 0) is 6.54 Å². The third-order valence-electron chi connectivity index (χ3n) is 4.35. The molecule has 0 bridgehead atoms. The van der Waals surface area contributed by atoms with Gasteiger partial charge >= 0.3 is 0 Å². The van der Waals surface area contributed by atoms with E-state index < -0.39 is 0 Å². The lowest BCUT2D eigenvalue weighted by Crippen LogP contribution is -2.34. The second-order valence-corrected chi connectivity index (χ2v) is 7.37. The van der Waals surface area contributed by atoms with Gasteiger partial charge in [-0.1, -0.05) is 48.0 Å². The molecule has 2 nitrogen and oxygen atoms in total. The molecule has 19 heavy (non-hydrogen) atoms. The van der Waals surface area contributed by atoms with E-state index >= 15 is 0 Å². The Balaban J connectivity index is 1.92. The van der Waals surface area contributed by atoms with Crippen molar-refractivity contribution in [3.8, 4) is 0 Å². The average molecular weight is 326 g/mol. The second-order valence-electron chi connectivity index (χ2n) is 6.52. The zero-order chi connectivity index (χ0) is 14.0. The minimum atomic E-state index is -0.172. The lowest BCUT2D eigenvalue weighted by molar-refractivity contribution is 0.0348. The molecule has 0 saturated heterocycles. The first-order valence-corrected chi connectivity index (χ1v) is 7.79. The normalized spacial score (nSPS) is 26.0. The van der Waals surface area contributed by atoms with E-state index in [1.165, 1.54) is 5.56 Å². The first-order chi connectivity index (χ1) is 8.90. The van der Waals surface area contributed by atoms with Crippen LogP contribution in [0.4, 0.5) is 0 Å². The molecule has 1 aliphatic carbocycles. The van der Waals surface area contributed by atoms with Crippen LogP contribution in [0.3, 0.4) is 0 Å². The fourth-order valence-corrected chi connectivity index (χ4v) is 3.48. The van der Waals surface area contributed by atoms with E-state index in [-0.39, 0.29) is 11.5 Å². The third kappa shape index (κ3) is 3.59. The molecule has 3 heteroatoms.